The monoisotopic (exact) mass is 323 g/mol. The van der Waals surface area contributed by atoms with Gasteiger partial charge in [-0.2, -0.15) is 0 Å². The highest BCUT2D eigenvalue weighted by molar-refractivity contribution is 5.92. The fourth-order valence-corrected chi connectivity index (χ4v) is 2.90. The molecule has 2 aliphatic rings. The van der Waals surface area contributed by atoms with Crippen molar-refractivity contribution in [3.8, 4) is 17.2 Å². The number of para-hydroxylation sites is 1. The van der Waals surface area contributed by atoms with Crippen molar-refractivity contribution in [3.63, 3.8) is 0 Å². The Balaban J connectivity index is 1.44. The van der Waals surface area contributed by atoms with Gasteiger partial charge in [0.1, 0.15) is 5.75 Å². The zero-order valence-electron chi connectivity index (χ0n) is 13.0. The number of hydrogen-bond donors (Lipinski definition) is 1. The van der Waals surface area contributed by atoms with E-state index in [9.17, 15) is 4.79 Å². The summed E-state index contributed by atoms with van der Waals surface area (Å²) in [4.78, 5) is 12.2. The zero-order valence-corrected chi connectivity index (χ0v) is 13.0. The number of rotatable bonds is 3. The smallest absolute Gasteiger partial charge is 0.244 e. The summed E-state index contributed by atoms with van der Waals surface area (Å²) in [6, 6.07) is 13.4. The minimum Gasteiger partial charge on any atom is -0.493 e. The number of nitrogens with one attached hydrogen (secondary N) is 1. The van der Waals surface area contributed by atoms with Crippen LogP contribution in [0.4, 0.5) is 0 Å². The van der Waals surface area contributed by atoms with E-state index in [0.717, 1.165) is 29.0 Å². The van der Waals surface area contributed by atoms with Crippen molar-refractivity contribution in [3.05, 3.63) is 59.7 Å². The summed E-state index contributed by atoms with van der Waals surface area (Å²) in [7, 11) is 0. The van der Waals surface area contributed by atoms with Gasteiger partial charge in [0.25, 0.3) is 0 Å². The van der Waals surface area contributed by atoms with Crippen LogP contribution in [0, 0.1) is 0 Å². The van der Waals surface area contributed by atoms with Crippen LogP contribution in [0.15, 0.2) is 48.5 Å². The van der Waals surface area contributed by atoms with Gasteiger partial charge in [-0.15, -0.1) is 0 Å². The van der Waals surface area contributed by atoms with Crippen LogP contribution < -0.4 is 19.5 Å². The number of amides is 1. The topological polar surface area (TPSA) is 56.8 Å². The first kappa shape index (κ1) is 14.6. The Morgan fingerprint density at radius 2 is 1.92 bits per heavy atom. The van der Waals surface area contributed by atoms with E-state index in [1.807, 2.05) is 42.5 Å². The number of fused-ring (bicyclic) bond motifs is 2. The number of benzene rings is 2. The van der Waals surface area contributed by atoms with E-state index in [1.165, 1.54) is 6.08 Å². The van der Waals surface area contributed by atoms with Gasteiger partial charge in [0.05, 0.1) is 12.6 Å². The Bertz CT molecular complexity index is 800. The molecule has 2 aliphatic heterocycles. The Morgan fingerprint density at radius 3 is 2.88 bits per heavy atom. The van der Waals surface area contributed by atoms with Crippen LogP contribution in [0.3, 0.4) is 0 Å². The third-order valence-electron chi connectivity index (χ3n) is 4.10. The SMILES string of the molecule is O=C(/C=C/c1ccc2c(c1)OCO2)N[C@H]1CCOc2ccccc21. The quantitative estimate of drug-likeness (QED) is 0.882. The summed E-state index contributed by atoms with van der Waals surface area (Å²) in [5.74, 6) is 2.15. The number of ether oxygens (including phenoxy) is 3. The van der Waals surface area contributed by atoms with E-state index in [4.69, 9.17) is 14.2 Å². The first-order chi connectivity index (χ1) is 11.8. The molecule has 0 spiro atoms. The van der Waals surface area contributed by atoms with Crippen LogP contribution in [0.25, 0.3) is 6.08 Å². The van der Waals surface area contributed by atoms with Crippen molar-refractivity contribution in [1.29, 1.82) is 0 Å². The van der Waals surface area contributed by atoms with E-state index in [-0.39, 0.29) is 18.7 Å². The second-order valence-electron chi connectivity index (χ2n) is 5.68. The largest absolute Gasteiger partial charge is 0.493 e. The minimum absolute atomic E-state index is 0.0242. The minimum atomic E-state index is -0.130. The lowest BCUT2D eigenvalue weighted by molar-refractivity contribution is -0.117. The third-order valence-corrected chi connectivity index (χ3v) is 4.10. The molecule has 0 bridgehead atoms. The molecule has 1 N–H and O–H groups in total. The van der Waals surface area contributed by atoms with Gasteiger partial charge in [-0.3, -0.25) is 4.79 Å². The van der Waals surface area contributed by atoms with E-state index in [2.05, 4.69) is 5.32 Å². The first-order valence-corrected chi connectivity index (χ1v) is 7.89. The van der Waals surface area contributed by atoms with Gasteiger partial charge in [-0.25, -0.2) is 0 Å². The second-order valence-corrected chi connectivity index (χ2v) is 5.68. The van der Waals surface area contributed by atoms with Crippen molar-refractivity contribution >= 4 is 12.0 Å². The molecule has 2 heterocycles. The normalized spacial score (nSPS) is 18.1. The molecule has 0 radical (unpaired) electrons. The molecule has 122 valence electrons. The maximum Gasteiger partial charge on any atom is 0.244 e. The summed E-state index contributed by atoms with van der Waals surface area (Å²) in [5.41, 5.74) is 1.91. The lowest BCUT2D eigenvalue weighted by Gasteiger charge is -2.26. The Hall–Kier alpha value is -2.95. The van der Waals surface area contributed by atoms with Crippen molar-refractivity contribution in [1.82, 2.24) is 5.32 Å². The number of hydrogen-bond acceptors (Lipinski definition) is 4. The average molecular weight is 323 g/mol. The van der Waals surface area contributed by atoms with Crippen molar-refractivity contribution in [2.45, 2.75) is 12.5 Å². The predicted octanol–water partition coefficient (Wildman–Crippen LogP) is 3.07. The van der Waals surface area contributed by atoms with Gasteiger partial charge in [0.15, 0.2) is 11.5 Å². The first-order valence-electron chi connectivity index (χ1n) is 7.89. The summed E-state index contributed by atoms with van der Waals surface area (Å²) in [6.45, 7) is 0.847. The van der Waals surface area contributed by atoms with Crippen LogP contribution in [0.2, 0.25) is 0 Å². The molecular weight excluding hydrogens is 306 g/mol. The molecule has 2 aromatic carbocycles. The molecule has 0 saturated carbocycles. The molecule has 0 aliphatic carbocycles. The fraction of sp³-hybridized carbons (Fsp3) is 0.211. The molecule has 4 rings (SSSR count). The van der Waals surface area contributed by atoms with Gasteiger partial charge < -0.3 is 19.5 Å². The van der Waals surface area contributed by atoms with E-state index >= 15 is 0 Å². The van der Waals surface area contributed by atoms with Gasteiger partial charge in [0.2, 0.25) is 12.7 Å². The summed E-state index contributed by atoms with van der Waals surface area (Å²) in [6.07, 6.45) is 4.07. The molecule has 0 unspecified atom stereocenters. The Labute approximate surface area is 139 Å². The van der Waals surface area contributed by atoms with Crippen molar-refractivity contribution in [2.75, 3.05) is 13.4 Å². The third kappa shape index (κ3) is 2.93. The molecule has 1 atom stereocenters. The van der Waals surface area contributed by atoms with Crippen LogP contribution >= 0.6 is 0 Å². The molecule has 0 fully saturated rings. The standard InChI is InChI=1S/C19H17NO4/c21-19(8-6-13-5-7-17-18(11-13)24-12-23-17)20-15-9-10-22-16-4-2-1-3-14(15)16/h1-8,11,15H,9-10,12H2,(H,20,21)/b8-6+/t15-/m0/s1. The Kier molecular flexibility index (Phi) is 3.83. The van der Waals surface area contributed by atoms with Crippen LogP contribution in [-0.2, 0) is 4.79 Å². The zero-order chi connectivity index (χ0) is 16.4. The lowest BCUT2D eigenvalue weighted by Crippen LogP contribution is -2.30. The van der Waals surface area contributed by atoms with E-state index in [0.29, 0.717) is 12.4 Å². The molecule has 1 amide bonds. The second kappa shape index (κ2) is 6.28. The highest BCUT2D eigenvalue weighted by atomic mass is 16.7. The Morgan fingerprint density at radius 1 is 1.04 bits per heavy atom. The summed E-state index contributed by atoms with van der Waals surface area (Å²) >= 11 is 0. The van der Waals surface area contributed by atoms with Crippen LogP contribution in [0.1, 0.15) is 23.6 Å². The van der Waals surface area contributed by atoms with Crippen LogP contribution in [-0.4, -0.2) is 19.3 Å². The lowest BCUT2D eigenvalue weighted by atomic mass is 10.0. The molecule has 2 aromatic rings. The van der Waals surface area contributed by atoms with E-state index < -0.39 is 0 Å². The molecular formula is C19H17NO4. The fourth-order valence-electron chi connectivity index (χ4n) is 2.90. The molecule has 0 aromatic heterocycles. The molecule has 5 heteroatoms. The molecule has 24 heavy (non-hydrogen) atoms. The average Bonchev–Trinajstić information content (AvgIpc) is 3.08. The van der Waals surface area contributed by atoms with Crippen LogP contribution in [0.5, 0.6) is 17.2 Å². The highest BCUT2D eigenvalue weighted by Gasteiger charge is 2.21. The molecule has 5 nitrogen and oxygen atoms in total. The summed E-state index contributed by atoms with van der Waals surface area (Å²) in [5, 5.41) is 3.04. The van der Waals surface area contributed by atoms with Crippen molar-refractivity contribution < 1.29 is 19.0 Å². The molecule has 0 saturated heterocycles. The number of carbonyl (C=O) groups excluding carboxylic acids is 1. The van der Waals surface area contributed by atoms with Gasteiger partial charge >= 0.3 is 0 Å². The highest BCUT2D eigenvalue weighted by Crippen LogP contribution is 2.33. The maximum atomic E-state index is 12.2. The predicted molar refractivity (Wildman–Crippen MR) is 89.0 cm³/mol. The number of carbonyl (C=O) groups is 1. The van der Waals surface area contributed by atoms with Crippen molar-refractivity contribution in [2.24, 2.45) is 0 Å². The maximum absolute atomic E-state index is 12.2. The van der Waals surface area contributed by atoms with E-state index in [1.54, 1.807) is 6.08 Å². The van der Waals surface area contributed by atoms with Gasteiger partial charge in [-0.05, 0) is 29.8 Å². The van der Waals surface area contributed by atoms with Gasteiger partial charge in [0, 0.05) is 18.1 Å². The summed E-state index contributed by atoms with van der Waals surface area (Å²) < 4.78 is 16.2. The van der Waals surface area contributed by atoms with Gasteiger partial charge in [-0.1, -0.05) is 24.3 Å².